The van der Waals surface area contributed by atoms with E-state index in [1.807, 2.05) is 12.1 Å². The Hall–Kier alpha value is -2.73. The number of benzene rings is 2. The second kappa shape index (κ2) is 9.10. The third-order valence-corrected chi connectivity index (χ3v) is 4.02. The lowest BCUT2D eigenvalue weighted by molar-refractivity contribution is -0.115. The summed E-state index contributed by atoms with van der Waals surface area (Å²) < 4.78 is 0. The summed E-state index contributed by atoms with van der Waals surface area (Å²) in [5, 5.41) is 8.60. The van der Waals surface area contributed by atoms with Crippen LogP contribution in [-0.2, 0) is 4.79 Å². The van der Waals surface area contributed by atoms with Crippen molar-refractivity contribution in [3.05, 3.63) is 59.7 Å². The molecule has 0 spiro atoms. The summed E-state index contributed by atoms with van der Waals surface area (Å²) in [4.78, 5) is 23.6. The molecule has 2 rings (SSSR count). The third kappa shape index (κ3) is 5.67. The Morgan fingerprint density at radius 3 is 1.96 bits per heavy atom. The van der Waals surface area contributed by atoms with Gasteiger partial charge in [-0.15, -0.1) is 0 Å². The predicted octanol–water partition coefficient (Wildman–Crippen LogP) is 4.29. The summed E-state index contributed by atoms with van der Waals surface area (Å²) in [5.74, 6) is 0.113. The van der Waals surface area contributed by atoms with Gasteiger partial charge in [0.05, 0.1) is 0 Å². The van der Waals surface area contributed by atoms with E-state index in [1.54, 1.807) is 43.3 Å². The van der Waals surface area contributed by atoms with Gasteiger partial charge in [0.25, 0.3) is 5.91 Å². The number of hydrogen-bond donors (Lipinski definition) is 3. The lowest BCUT2D eigenvalue weighted by atomic mass is 10.0. The molecule has 0 bridgehead atoms. The van der Waals surface area contributed by atoms with Crippen LogP contribution in [0.2, 0.25) is 0 Å². The molecule has 0 aromatic heterocycles. The quantitative estimate of drug-likeness (QED) is 0.688. The van der Waals surface area contributed by atoms with Crippen LogP contribution in [-0.4, -0.2) is 16.9 Å². The van der Waals surface area contributed by atoms with E-state index in [0.29, 0.717) is 23.6 Å². The Morgan fingerprint density at radius 1 is 0.923 bits per heavy atom. The van der Waals surface area contributed by atoms with Crippen molar-refractivity contribution >= 4 is 40.5 Å². The van der Waals surface area contributed by atoms with E-state index in [0.717, 1.165) is 5.69 Å². The first-order valence-electron chi connectivity index (χ1n) is 8.51. The number of thiocarbonyl (C=S) groups is 1. The minimum absolute atomic E-state index is 0.0445. The maximum absolute atomic E-state index is 12.2. The molecule has 5 nitrogen and oxygen atoms in total. The van der Waals surface area contributed by atoms with Crippen LogP contribution in [0.1, 0.15) is 49.0 Å². The Morgan fingerprint density at radius 2 is 1.46 bits per heavy atom. The molecule has 0 radical (unpaired) electrons. The highest BCUT2D eigenvalue weighted by Crippen LogP contribution is 2.15. The molecule has 3 N–H and O–H groups in total. The van der Waals surface area contributed by atoms with E-state index >= 15 is 0 Å². The highest BCUT2D eigenvalue weighted by Gasteiger charge is 2.09. The van der Waals surface area contributed by atoms with Crippen molar-refractivity contribution in [2.24, 2.45) is 0 Å². The molecule has 0 saturated carbocycles. The van der Waals surface area contributed by atoms with Crippen molar-refractivity contribution in [3.8, 4) is 0 Å². The van der Waals surface area contributed by atoms with Gasteiger partial charge in [-0.1, -0.05) is 32.9 Å². The molecule has 0 saturated heterocycles. The predicted molar refractivity (Wildman–Crippen MR) is 110 cm³/mol. The van der Waals surface area contributed by atoms with E-state index in [4.69, 9.17) is 12.2 Å². The number of anilines is 2. The van der Waals surface area contributed by atoms with Crippen LogP contribution in [0.4, 0.5) is 11.4 Å². The van der Waals surface area contributed by atoms with E-state index in [-0.39, 0.29) is 16.9 Å². The molecule has 2 aromatic rings. The zero-order valence-electron chi connectivity index (χ0n) is 15.1. The first kappa shape index (κ1) is 19.6. The summed E-state index contributed by atoms with van der Waals surface area (Å²) in [6, 6.07) is 14.6. The Balaban J connectivity index is 1.91. The molecular weight excluding hydrogens is 346 g/mol. The summed E-state index contributed by atoms with van der Waals surface area (Å²) in [7, 11) is 0. The first-order valence-corrected chi connectivity index (χ1v) is 8.92. The first-order chi connectivity index (χ1) is 12.4. The molecular formula is C20H23N3O2S. The van der Waals surface area contributed by atoms with Crippen molar-refractivity contribution < 1.29 is 9.59 Å². The van der Waals surface area contributed by atoms with Crippen LogP contribution in [0.3, 0.4) is 0 Å². The largest absolute Gasteiger partial charge is 0.332 e. The molecule has 0 atom stereocenters. The van der Waals surface area contributed by atoms with Crippen molar-refractivity contribution in [3.63, 3.8) is 0 Å². The molecule has 0 aliphatic heterocycles. The summed E-state index contributed by atoms with van der Waals surface area (Å²) >= 11 is 5.19. The van der Waals surface area contributed by atoms with Gasteiger partial charge in [-0.2, -0.15) is 0 Å². The second-order valence-corrected chi connectivity index (χ2v) is 6.57. The van der Waals surface area contributed by atoms with E-state index in [2.05, 4.69) is 29.8 Å². The number of carbonyl (C=O) groups excluding carboxylic acids is 2. The molecule has 0 unspecified atom stereocenters. The van der Waals surface area contributed by atoms with E-state index in [9.17, 15) is 9.59 Å². The van der Waals surface area contributed by atoms with Crippen LogP contribution in [0.25, 0.3) is 0 Å². The molecule has 136 valence electrons. The molecule has 0 aliphatic carbocycles. The average molecular weight is 369 g/mol. The summed E-state index contributed by atoms with van der Waals surface area (Å²) in [6.07, 6.45) is 0.425. The Bertz CT molecular complexity index is 784. The fourth-order valence-corrected chi connectivity index (χ4v) is 2.45. The van der Waals surface area contributed by atoms with E-state index in [1.165, 1.54) is 5.56 Å². The van der Waals surface area contributed by atoms with Crippen molar-refractivity contribution in [1.29, 1.82) is 0 Å². The number of hydrogen-bond acceptors (Lipinski definition) is 3. The molecule has 2 amide bonds. The topological polar surface area (TPSA) is 70.2 Å². The molecule has 0 aliphatic rings. The van der Waals surface area contributed by atoms with Crippen molar-refractivity contribution in [2.75, 3.05) is 10.6 Å². The maximum Gasteiger partial charge on any atom is 0.257 e. The minimum Gasteiger partial charge on any atom is -0.332 e. The van der Waals surface area contributed by atoms with Crippen LogP contribution in [0.5, 0.6) is 0 Å². The zero-order valence-corrected chi connectivity index (χ0v) is 15.9. The van der Waals surface area contributed by atoms with Crippen molar-refractivity contribution in [1.82, 2.24) is 5.32 Å². The van der Waals surface area contributed by atoms with E-state index < -0.39 is 0 Å². The van der Waals surface area contributed by atoms with Gasteiger partial charge in [0, 0.05) is 23.4 Å². The van der Waals surface area contributed by atoms with Gasteiger partial charge in [0.2, 0.25) is 5.91 Å². The van der Waals surface area contributed by atoms with Crippen molar-refractivity contribution in [2.45, 2.75) is 33.1 Å². The monoisotopic (exact) mass is 369 g/mol. The highest BCUT2D eigenvalue weighted by molar-refractivity contribution is 7.80. The van der Waals surface area contributed by atoms with Gasteiger partial charge in [0.15, 0.2) is 5.11 Å². The van der Waals surface area contributed by atoms with Crippen LogP contribution in [0.15, 0.2) is 48.5 Å². The van der Waals surface area contributed by atoms with Gasteiger partial charge in [-0.05, 0) is 60.1 Å². The molecule has 0 fully saturated rings. The molecule has 26 heavy (non-hydrogen) atoms. The average Bonchev–Trinajstić information content (AvgIpc) is 2.63. The normalized spacial score (nSPS) is 10.3. The number of carbonyl (C=O) groups is 2. The van der Waals surface area contributed by atoms with Gasteiger partial charge >= 0.3 is 0 Å². The molecule has 6 heteroatoms. The standard InChI is InChI=1S/C20H23N3O2S/c1-4-18(24)21-16-9-11-17(12-10-16)22-20(26)23-19(25)15-7-5-14(6-8-15)13(2)3/h5-13H,4H2,1-3H3,(H,21,24)(H2,22,23,25,26). The summed E-state index contributed by atoms with van der Waals surface area (Å²) in [5.41, 5.74) is 3.16. The maximum atomic E-state index is 12.2. The number of rotatable bonds is 5. The highest BCUT2D eigenvalue weighted by atomic mass is 32.1. The van der Waals surface area contributed by atoms with Gasteiger partial charge in [0.1, 0.15) is 0 Å². The third-order valence-electron chi connectivity index (χ3n) is 3.81. The lowest BCUT2D eigenvalue weighted by Gasteiger charge is -2.11. The number of nitrogens with one attached hydrogen (secondary N) is 3. The smallest absolute Gasteiger partial charge is 0.257 e. The fraction of sp³-hybridized carbons (Fsp3) is 0.250. The van der Waals surface area contributed by atoms with Crippen LogP contribution in [0, 0.1) is 0 Å². The Kier molecular flexibility index (Phi) is 6.86. The van der Waals surface area contributed by atoms with Crippen LogP contribution < -0.4 is 16.0 Å². The SMILES string of the molecule is CCC(=O)Nc1ccc(NC(=S)NC(=O)c2ccc(C(C)C)cc2)cc1. The Labute approximate surface area is 159 Å². The summed E-state index contributed by atoms with van der Waals surface area (Å²) in [6.45, 7) is 6.00. The van der Waals surface area contributed by atoms with Crippen LogP contribution >= 0.6 is 12.2 Å². The fourth-order valence-electron chi connectivity index (χ4n) is 2.24. The van der Waals surface area contributed by atoms with Gasteiger partial charge < -0.3 is 10.6 Å². The number of amides is 2. The van der Waals surface area contributed by atoms with Gasteiger partial charge in [-0.25, -0.2) is 0 Å². The van der Waals surface area contributed by atoms with Gasteiger partial charge in [-0.3, -0.25) is 14.9 Å². The zero-order chi connectivity index (χ0) is 19.1. The lowest BCUT2D eigenvalue weighted by Crippen LogP contribution is -2.34. The second-order valence-electron chi connectivity index (χ2n) is 6.16. The minimum atomic E-state index is -0.260. The molecule has 2 aromatic carbocycles. The molecule has 0 heterocycles.